The van der Waals surface area contributed by atoms with Crippen LogP contribution in [0.1, 0.15) is 51.9 Å². The predicted molar refractivity (Wildman–Crippen MR) is 96.2 cm³/mol. The Hall–Kier alpha value is -1.17. The number of carbonyl (C=O) groups is 1. The molecule has 1 fully saturated rings. The van der Waals surface area contributed by atoms with Gasteiger partial charge in [-0.3, -0.25) is 0 Å². The summed E-state index contributed by atoms with van der Waals surface area (Å²) in [4.78, 5) is 10.4. The average Bonchev–Trinajstić information content (AvgIpc) is 3.06. The van der Waals surface area contributed by atoms with Crippen molar-refractivity contribution in [3.8, 4) is 0 Å². The number of ether oxygens (including phenoxy) is 1. The monoisotopic (exact) mass is 352 g/mol. The molecule has 5 heteroatoms. The third-order valence-electron chi connectivity index (χ3n) is 5.40. The van der Waals surface area contributed by atoms with Crippen molar-refractivity contribution in [1.29, 1.82) is 0 Å². The molecule has 5 nitrogen and oxygen atoms in total. The van der Waals surface area contributed by atoms with E-state index in [1.165, 1.54) is 5.57 Å². The van der Waals surface area contributed by atoms with Gasteiger partial charge in [0.05, 0.1) is 18.8 Å². The fraction of sp³-hybridized carbons (Fsp3) is 0.750. The molecule has 0 amide bonds. The van der Waals surface area contributed by atoms with Gasteiger partial charge < -0.3 is 20.1 Å². The number of rotatable bonds is 11. The maximum atomic E-state index is 10.4. The summed E-state index contributed by atoms with van der Waals surface area (Å²) in [5, 5.41) is 29.0. The van der Waals surface area contributed by atoms with E-state index in [0.29, 0.717) is 18.4 Å². The number of carboxylic acids is 1. The minimum atomic E-state index is -0.942. The number of hydrogen-bond donors (Lipinski definition) is 3. The zero-order valence-corrected chi connectivity index (χ0v) is 15.1. The van der Waals surface area contributed by atoms with Crippen LogP contribution in [0.25, 0.3) is 0 Å². The van der Waals surface area contributed by atoms with Crippen LogP contribution in [-0.4, -0.2) is 46.7 Å². The fourth-order valence-electron chi connectivity index (χ4n) is 4.11. The standard InChI is InChI=1S/C20H32O5/c1-2-3-4-5-16(21)6-7-17-18-11-14(8-9-25-13-20(23)24)10-15(18)12-19(17)22/h6-7,10,15-19,21-22H,2-5,8-9,11-13H2,1H3,(H,23,24)/b7-6+/t15-,16-,17+,18-,19+/m0/s1. The summed E-state index contributed by atoms with van der Waals surface area (Å²) in [6, 6.07) is 0. The lowest BCUT2D eigenvalue weighted by Crippen LogP contribution is -2.18. The molecule has 1 saturated carbocycles. The Morgan fingerprint density at radius 3 is 2.96 bits per heavy atom. The lowest BCUT2D eigenvalue weighted by Gasteiger charge is -2.19. The van der Waals surface area contributed by atoms with E-state index < -0.39 is 12.1 Å². The Labute approximate surface area is 150 Å². The number of aliphatic hydroxyl groups excluding tert-OH is 2. The van der Waals surface area contributed by atoms with E-state index in [-0.39, 0.29) is 18.6 Å². The van der Waals surface area contributed by atoms with Gasteiger partial charge in [-0.25, -0.2) is 4.79 Å². The Bertz CT molecular complexity index is 484. The largest absolute Gasteiger partial charge is 0.480 e. The van der Waals surface area contributed by atoms with E-state index in [0.717, 1.165) is 44.9 Å². The average molecular weight is 352 g/mol. The van der Waals surface area contributed by atoms with Crippen molar-refractivity contribution in [2.24, 2.45) is 17.8 Å². The molecule has 25 heavy (non-hydrogen) atoms. The second-order valence-corrected chi connectivity index (χ2v) is 7.38. The summed E-state index contributed by atoms with van der Waals surface area (Å²) in [5.74, 6) is -0.0671. The van der Waals surface area contributed by atoms with Crippen molar-refractivity contribution >= 4 is 5.97 Å². The zero-order chi connectivity index (χ0) is 18.2. The Balaban J connectivity index is 1.78. The summed E-state index contributed by atoms with van der Waals surface area (Å²) in [6.45, 7) is 2.32. The van der Waals surface area contributed by atoms with Crippen LogP contribution < -0.4 is 0 Å². The van der Waals surface area contributed by atoms with Crippen molar-refractivity contribution < 1.29 is 24.9 Å². The highest BCUT2D eigenvalue weighted by molar-refractivity contribution is 5.67. The van der Waals surface area contributed by atoms with Crippen molar-refractivity contribution in [1.82, 2.24) is 0 Å². The number of allylic oxidation sites excluding steroid dienone is 1. The molecule has 2 aliphatic rings. The minimum Gasteiger partial charge on any atom is -0.480 e. The quantitative estimate of drug-likeness (QED) is 0.393. The summed E-state index contributed by atoms with van der Waals surface area (Å²) >= 11 is 0. The van der Waals surface area contributed by atoms with E-state index in [1.54, 1.807) is 0 Å². The van der Waals surface area contributed by atoms with Gasteiger partial charge >= 0.3 is 5.97 Å². The highest BCUT2D eigenvalue weighted by atomic mass is 16.5. The van der Waals surface area contributed by atoms with Crippen molar-refractivity contribution in [2.75, 3.05) is 13.2 Å². The zero-order valence-electron chi connectivity index (χ0n) is 15.1. The Morgan fingerprint density at radius 1 is 1.44 bits per heavy atom. The summed E-state index contributed by atoms with van der Waals surface area (Å²) in [6.07, 6.45) is 11.9. The van der Waals surface area contributed by atoms with Gasteiger partial charge in [0.25, 0.3) is 0 Å². The van der Waals surface area contributed by atoms with E-state index >= 15 is 0 Å². The lowest BCUT2D eigenvalue weighted by atomic mass is 9.88. The van der Waals surface area contributed by atoms with Crippen LogP contribution >= 0.6 is 0 Å². The molecule has 0 heterocycles. The van der Waals surface area contributed by atoms with Gasteiger partial charge in [-0.2, -0.15) is 0 Å². The molecule has 5 atom stereocenters. The molecular weight excluding hydrogens is 320 g/mol. The maximum Gasteiger partial charge on any atom is 0.329 e. The smallest absolute Gasteiger partial charge is 0.329 e. The van der Waals surface area contributed by atoms with Crippen LogP contribution in [0.15, 0.2) is 23.8 Å². The van der Waals surface area contributed by atoms with Crippen LogP contribution in [-0.2, 0) is 9.53 Å². The molecule has 2 rings (SSSR count). The molecule has 0 saturated heterocycles. The fourth-order valence-corrected chi connectivity index (χ4v) is 4.11. The van der Waals surface area contributed by atoms with Crippen molar-refractivity contribution in [3.63, 3.8) is 0 Å². The number of aliphatic hydroxyl groups is 2. The van der Waals surface area contributed by atoms with Gasteiger partial charge in [0.15, 0.2) is 0 Å². The number of aliphatic carboxylic acids is 1. The maximum absolute atomic E-state index is 10.4. The lowest BCUT2D eigenvalue weighted by molar-refractivity contribution is -0.142. The summed E-state index contributed by atoms with van der Waals surface area (Å²) < 4.78 is 5.12. The first-order chi connectivity index (χ1) is 12.0. The first-order valence-corrected chi connectivity index (χ1v) is 9.54. The van der Waals surface area contributed by atoms with Gasteiger partial charge in [-0.15, -0.1) is 0 Å². The van der Waals surface area contributed by atoms with Crippen LogP contribution in [0.5, 0.6) is 0 Å². The molecule has 0 aromatic rings. The highest BCUT2D eigenvalue weighted by Gasteiger charge is 2.43. The first kappa shape index (κ1) is 20.1. The van der Waals surface area contributed by atoms with Gasteiger partial charge in [0.1, 0.15) is 6.61 Å². The van der Waals surface area contributed by atoms with Crippen LogP contribution in [0, 0.1) is 17.8 Å². The molecule has 0 bridgehead atoms. The van der Waals surface area contributed by atoms with Gasteiger partial charge in [-0.05, 0) is 37.5 Å². The van der Waals surface area contributed by atoms with Crippen molar-refractivity contribution in [3.05, 3.63) is 23.8 Å². The number of hydrogen-bond acceptors (Lipinski definition) is 4. The normalized spacial score (nSPS) is 29.8. The van der Waals surface area contributed by atoms with Crippen LogP contribution in [0.4, 0.5) is 0 Å². The number of carboxylic acid groups (broad SMARTS) is 1. The first-order valence-electron chi connectivity index (χ1n) is 9.54. The molecule has 0 unspecified atom stereocenters. The SMILES string of the molecule is CCCCC[C@H](O)/C=C/[C@@H]1[C@H]2CC(CCOCC(=O)O)=C[C@H]2C[C@H]1O. The van der Waals surface area contributed by atoms with E-state index in [2.05, 4.69) is 13.0 Å². The van der Waals surface area contributed by atoms with Gasteiger partial charge in [-0.1, -0.05) is 50.0 Å². The summed E-state index contributed by atoms with van der Waals surface area (Å²) in [5.41, 5.74) is 1.30. The van der Waals surface area contributed by atoms with Crippen LogP contribution in [0.3, 0.4) is 0 Å². The molecule has 0 aromatic carbocycles. The minimum absolute atomic E-state index is 0.0968. The van der Waals surface area contributed by atoms with E-state index in [4.69, 9.17) is 9.84 Å². The third kappa shape index (κ3) is 6.24. The molecular formula is C20H32O5. The molecule has 3 N–H and O–H groups in total. The molecule has 0 aliphatic heterocycles. The predicted octanol–water partition coefficient (Wildman–Crippen LogP) is 2.92. The van der Waals surface area contributed by atoms with Crippen molar-refractivity contribution in [2.45, 2.75) is 64.1 Å². The van der Waals surface area contributed by atoms with Gasteiger partial charge in [0, 0.05) is 5.92 Å². The molecule has 142 valence electrons. The number of fused-ring (bicyclic) bond motifs is 1. The topological polar surface area (TPSA) is 87.0 Å². The molecule has 0 radical (unpaired) electrons. The molecule has 0 spiro atoms. The Kier molecular flexibility index (Phi) is 8.13. The molecule has 0 aromatic heterocycles. The second-order valence-electron chi connectivity index (χ2n) is 7.38. The number of unbranched alkanes of at least 4 members (excludes halogenated alkanes) is 2. The van der Waals surface area contributed by atoms with E-state index in [9.17, 15) is 15.0 Å². The van der Waals surface area contributed by atoms with E-state index in [1.807, 2.05) is 12.2 Å². The summed E-state index contributed by atoms with van der Waals surface area (Å²) in [7, 11) is 0. The van der Waals surface area contributed by atoms with Gasteiger partial charge in [0.2, 0.25) is 0 Å². The Morgan fingerprint density at radius 2 is 2.24 bits per heavy atom. The highest BCUT2D eigenvalue weighted by Crippen LogP contribution is 2.47. The third-order valence-corrected chi connectivity index (χ3v) is 5.40. The molecule has 2 aliphatic carbocycles. The van der Waals surface area contributed by atoms with Crippen LogP contribution in [0.2, 0.25) is 0 Å². The second kappa shape index (κ2) is 10.1.